The zero-order valence-corrected chi connectivity index (χ0v) is 12.9. The van der Waals surface area contributed by atoms with Gasteiger partial charge in [-0.3, -0.25) is 0 Å². The molecule has 0 aliphatic carbocycles. The van der Waals surface area contributed by atoms with E-state index < -0.39 is 9.84 Å². The number of fused-ring (bicyclic) bond motifs is 1. The summed E-state index contributed by atoms with van der Waals surface area (Å²) in [5, 5.41) is 4.44. The lowest BCUT2D eigenvalue weighted by atomic mass is 10.2. The molecule has 0 amide bonds. The van der Waals surface area contributed by atoms with Crippen molar-refractivity contribution in [3.63, 3.8) is 0 Å². The van der Waals surface area contributed by atoms with Crippen molar-refractivity contribution in [2.24, 2.45) is 0 Å². The summed E-state index contributed by atoms with van der Waals surface area (Å²) in [6.07, 6.45) is 2.77. The summed E-state index contributed by atoms with van der Waals surface area (Å²) in [4.78, 5) is 0. The van der Waals surface area contributed by atoms with Crippen LogP contribution in [-0.4, -0.2) is 44.2 Å². The van der Waals surface area contributed by atoms with E-state index in [-0.39, 0.29) is 11.8 Å². The van der Waals surface area contributed by atoms with Crippen LogP contribution in [0.1, 0.15) is 6.42 Å². The number of rotatable bonds is 5. The van der Waals surface area contributed by atoms with Gasteiger partial charge in [-0.2, -0.15) is 0 Å². The molecule has 0 saturated carbocycles. The standard InChI is InChI=1S/C15H20N2O3S/c1-20-15-4-2-3-14-13(15)5-8-17(14)9-7-16-12-6-10-21(18,19)11-12/h2-5,8,12,16H,6-7,9-11H2,1H3. The fourth-order valence-corrected chi connectivity index (χ4v) is 4.62. The Morgan fingerprint density at radius 3 is 2.95 bits per heavy atom. The van der Waals surface area contributed by atoms with Crippen molar-refractivity contribution in [2.45, 2.75) is 19.0 Å². The largest absolute Gasteiger partial charge is 0.496 e. The highest BCUT2D eigenvalue weighted by Crippen LogP contribution is 2.26. The van der Waals surface area contributed by atoms with Crippen LogP contribution in [0, 0.1) is 0 Å². The second-order valence-corrected chi connectivity index (χ2v) is 7.69. The molecule has 1 aromatic heterocycles. The van der Waals surface area contributed by atoms with Crippen molar-refractivity contribution in [3.05, 3.63) is 30.5 Å². The summed E-state index contributed by atoms with van der Waals surface area (Å²) in [6.45, 7) is 1.58. The second kappa shape index (κ2) is 5.69. The molecular formula is C15H20N2O3S. The van der Waals surface area contributed by atoms with Crippen LogP contribution in [0.4, 0.5) is 0 Å². The van der Waals surface area contributed by atoms with Crippen molar-refractivity contribution in [2.75, 3.05) is 25.2 Å². The SMILES string of the molecule is COc1cccc2c1ccn2CCNC1CCS(=O)(=O)C1. The van der Waals surface area contributed by atoms with Gasteiger partial charge in [-0.25, -0.2) is 8.42 Å². The molecule has 6 heteroatoms. The van der Waals surface area contributed by atoms with Crippen LogP contribution in [-0.2, 0) is 16.4 Å². The average molecular weight is 308 g/mol. The summed E-state index contributed by atoms with van der Waals surface area (Å²) in [6, 6.07) is 8.15. The monoisotopic (exact) mass is 308 g/mol. The molecular weight excluding hydrogens is 288 g/mol. The molecule has 5 nitrogen and oxygen atoms in total. The Hall–Kier alpha value is -1.53. The molecule has 1 aromatic carbocycles. The van der Waals surface area contributed by atoms with Crippen LogP contribution in [0.2, 0.25) is 0 Å². The second-order valence-electron chi connectivity index (χ2n) is 5.46. The maximum atomic E-state index is 11.4. The normalized spacial score (nSPS) is 20.9. The van der Waals surface area contributed by atoms with Gasteiger partial charge in [-0.1, -0.05) is 6.07 Å². The van der Waals surface area contributed by atoms with Crippen LogP contribution in [0.25, 0.3) is 10.9 Å². The molecule has 2 aromatic rings. The third kappa shape index (κ3) is 3.06. The number of nitrogens with one attached hydrogen (secondary N) is 1. The Kier molecular flexibility index (Phi) is 3.91. The Morgan fingerprint density at radius 2 is 2.24 bits per heavy atom. The maximum absolute atomic E-state index is 11.4. The number of sulfone groups is 1. The topological polar surface area (TPSA) is 60.3 Å². The Bertz CT molecular complexity index is 736. The summed E-state index contributed by atoms with van der Waals surface area (Å²) in [5.41, 5.74) is 1.13. The number of methoxy groups -OCH3 is 1. The molecule has 1 fully saturated rings. The lowest BCUT2D eigenvalue weighted by Gasteiger charge is -2.12. The van der Waals surface area contributed by atoms with Gasteiger partial charge in [0.25, 0.3) is 0 Å². The summed E-state index contributed by atoms with van der Waals surface area (Å²) in [5.74, 6) is 1.46. The van der Waals surface area contributed by atoms with Gasteiger partial charge < -0.3 is 14.6 Å². The third-order valence-electron chi connectivity index (χ3n) is 4.01. The highest BCUT2D eigenvalue weighted by molar-refractivity contribution is 7.91. The minimum absolute atomic E-state index is 0.103. The predicted molar refractivity (Wildman–Crippen MR) is 83.6 cm³/mol. The van der Waals surface area contributed by atoms with E-state index >= 15 is 0 Å². The molecule has 1 atom stereocenters. The van der Waals surface area contributed by atoms with Crippen LogP contribution < -0.4 is 10.1 Å². The smallest absolute Gasteiger partial charge is 0.151 e. The number of hydrogen-bond acceptors (Lipinski definition) is 4. The zero-order valence-electron chi connectivity index (χ0n) is 12.1. The van der Waals surface area contributed by atoms with E-state index in [1.807, 2.05) is 24.4 Å². The van der Waals surface area contributed by atoms with Gasteiger partial charge in [0.1, 0.15) is 5.75 Å². The first-order valence-corrected chi connectivity index (χ1v) is 8.97. The van der Waals surface area contributed by atoms with Crippen LogP contribution in [0.3, 0.4) is 0 Å². The van der Waals surface area contributed by atoms with Crippen molar-refractivity contribution >= 4 is 20.7 Å². The third-order valence-corrected chi connectivity index (χ3v) is 5.78. The first-order chi connectivity index (χ1) is 10.1. The van der Waals surface area contributed by atoms with Gasteiger partial charge in [0, 0.05) is 30.7 Å². The van der Waals surface area contributed by atoms with E-state index in [1.165, 1.54) is 0 Å². The van der Waals surface area contributed by atoms with Crippen LogP contribution in [0.5, 0.6) is 5.75 Å². The van der Waals surface area contributed by atoms with E-state index in [1.54, 1.807) is 7.11 Å². The molecule has 1 aliphatic heterocycles. The quantitative estimate of drug-likeness (QED) is 0.908. The van der Waals surface area contributed by atoms with Crippen molar-refractivity contribution < 1.29 is 13.2 Å². The minimum atomic E-state index is -2.81. The maximum Gasteiger partial charge on any atom is 0.151 e. The molecule has 0 spiro atoms. The highest BCUT2D eigenvalue weighted by atomic mass is 32.2. The lowest BCUT2D eigenvalue weighted by Crippen LogP contribution is -2.32. The minimum Gasteiger partial charge on any atom is -0.496 e. The average Bonchev–Trinajstić information content (AvgIpc) is 3.02. The number of nitrogens with zero attached hydrogens (tertiary/aromatic N) is 1. The van der Waals surface area contributed by atoms with E-state index in [0.29, 0.717) is 5.75 Å². The highest BCUT2D eigenvalue weighted by Gasteiger charge is 2.27. The number of ether oxygens (including phenoxy) is 1. The van der Waals surface area contributed by atoms with Gasteiger partial charge in [-0.05, 0) is 24.6 Å². The molecule has 114 valence electrons. The molecule has 1 N–H and O–H groups in total. The summed E-state index contributed by atoms with van der Waals surface area (Å²) in [7, 11) is -1.13. The van der Waals surface area contributed by atoms with E-state index in [0.717, 1.165) is 36.2 Å². The van der Waals surface area contributed by atoms with Gasteiger partial charge in [-0.15, -0.1) is 0 Å². The molecule has 1 saturated heterocycles. The van der Waals surface area contributed by atoms with Gasteiger partial charge >= 0.3 is 0 Å². The van der Waals surface area contributed by atoms with E-state index in [2.05, 4.69) is 16.0 Å². The van der Waals surface area contributed by atoms with Gasteiger partial charge in [0.2, 0.25) is 0 Å². The van der Waals surface area contributed by atoms with Gasteiger partial charge in [0.05, 0.1) is 24.1 Å². The van der Waals surface area contributed by atoms with Gasteiger partial charge in [0.15, 0.2) is 9.84 Å². The Labute approximate surface area is 124 Å². The van der Waals surface area contributed by atoms with Crippen molar-refractivity contribution in [1.29, 1.82) is 0 Å². The first kappa shape index (κ1) is 14.4. The molecule has 0 radical (unpaired) electrons. The van der Waals surface area contributed by atoms with Crippen molar-refractivity contribution in [3.8, 4) is 5.75 Å². The molecule has 1 aliphatic rings. The zero-order chi connectivity index (χ0) is 14.9. The van der Waals surface area contributed by atoms with E-state index in [4.69, 9.17) is 4.74 Å². The first-order valence-electron chi connectivity index (χ1n) is 7.15. The molecule has 0 bridgehead atoms. The molecule has 1 unspecified atom stereocenters. The number of aromatic nitrogens is 1. The van der Waals surface area contributed by atoms with E-state index in [9.17, 15) is 8.42 Å². The molecule has 3 rings (SSSR count). The Morgan fingerprint density at radius 1 is 1.38 bits per heavy atom. The van der Waals surface area contributed by atoms with Crippen LogP contribution in [0.15, 0.2) is 30.5 Å². The molecule has 2 heterocycles. The van der Waals surface area contributed by atoms with Crippen molar-refractivity contribution in [1.82, 2.24) is 9.88 Å². The fourth-order valence-electron chi connectivity index (χ4n) is 2.91. The number of hydrogen-bond donors (Lipinski definition) is 1. The lowest BCUT2D eigenvalue weighted by molar-refractivity contribution is 0.420. The van der Waals surface area contributed by atoms with Crippen LogP contribution >= 0.6 is 0 Å². The number of benzene rings is 1. The summed E-state index contributed by atoms with van der Waals surface area (Å²) >= 11 is 0. The summed E-state index contributed by atoms with van der Waals surface area (Å²) < 4.78 is 30.4. The molecule has 21 heavy (non-hydrogen) atoms. The Balaban J connectivity index is 1.64. The fraction of sp³-hybridized carbons (Fsp3) is 0.467. The predicted octanol–water partition coefficient (Wildman–Crippen LogP) is 1.43.